The van der Waals surface area contributed by atoms with Gasteiger partial charge in [-0.2, -0.15) is 0 Å². The molecule has 0 spiro atoms. The third-order valence-electron chi connectivity index (χ3n) is 2.02. The van der Waals surface area contributed by atoms with Gasteiger partial charge in [0.25, 0.3) is 0 Å². The van der Waals surface area contributed by atoms with Gasteiger partial charge in [-0.1, -0.05) is 12.1 Å². The summed E-state index contributed by atoms with van der Waals surface area (Å²) in [5.41, 5.74) is 0.922. The molecular formula is C10H8BrFN2O. The van der Waals surface area contributed by atoms with Crippen LogP contribution in [0.2, 0.25) is 0 Å². The first kappa shape index (κ1) is 10.3. The quantitative estimate of drug-likeness (QED) is 0.881. The summed E-state index contributed by atoms with van der Waals surface area (Å²) in [6.45, 7) is -0.165. The topological polar surface area (TPSA) is 48.9 Å². The number of aromatic amines is 1. The van der Waals surface area contributed by atoms with Gasteiger partial charge in [0.05, 0.1) is 17.9 Å². The van der Waals surface area contributed by atoms with Gasteiger partial charge in [0.15, 0.2) is 0 Å². The Balaban J connectivity index is 2.50. The highest BCUT2D eigenvalue weighted by atomic mass is 79.9. The summed E-state index contributed by atoms with van der Waals surface area (Å²) >= 11 is 3.17. The SMILES string of the molecule is OCc1[nH]c(-c2ccccc2F)nc1Br. The number of H-pyrrole nitrogens is 1. The van der Waals surface area contributed by atoms with E-state index in [4.69, 9.17) is 5.11 Å². The number of imidazole rings is 1. The van der Waals surface area contributed by atoms with Gasteiger partial charge in [0.1, 0.15) is 16.2 Å². The van der Waals surface area contributed by atoms with Crippen molar-refractivity contribution >= 4 is 15.9 Å². The van der Waals surface area contributed by atoms with Gasteiger partial charge in [-0.05, 0) is 28.1 Å². The van der Waals surface area contributed by atoms with Crippen molar-refractivity contribution in [2.45, 2.75) is 6.61 Å². The zero-order chi connectivity index (χ0) is 10.8. The fraction of sp³-hybridized carbons (Fsp3) is 0.100. The second-order valence-electron chi connectivity index (χ2n) is 2.99. The smallest absolute Gasteiger partial charge is 0.141 e. The number of rotatable bonds is 2. The van der Waals surface area contributed by atoms with E-state index >= 15 is 0 Å². The van der Waals surface area contributed by atoms with Crippen molar-refractivity contribution in [1.82, 2.24) is 9.97 Å². The van der Waals surface area contributed by atoms with E-state index in [9.17, 15) is 4.39 Å². The summed E-state index contributed by atoms with van der Waals surface area (Å²) < 4.78 is 13.9. The minimum absolute atomic E-state index is 0.165. The maximum atomic E-state index is 13.4. The molecule has 2 N–H and O–H groups in total. The first-order valence-corrected chi connectivity index (χ1v) is 5.12. The molecule has 1 heterocycles. The largest absolute Gasteiger partial charge is 0.390 e. The molecule has 78 valence electrons. The lowest BCUT2D eigenvalue weighted by Gasteiger charge is -1.97. The minimum Gasteiger partial charge on any atom is -0.390 e. The lowest BCUT2D eigenvalue weighted by atomic mass is 10.2. The molecule has 1 aromatic heterocycles. The molecule has 0 saturated carbocycles. The van der Waals surface area contributed by atoms with Crippen molar-refractivity contribution in [2.75, 3.05) is 0 Å². The Labute approximate surface area is 94.1 Å². The molecule has 0 bridgehead atoms. The summed E-state index contributed by atoms with van der Waals surface area (Å²) in [4.78, 5) is 6.91. The van der Waals surface area contributed by atoms with Crippen LogP contribution in [-0.4, -0.2) is 15.1 Å². The van der Waals surface area contributed by atoms with Gasteiger partial charge in [0.2, 0.25) is 0 Å². The molecule has 0 radical (unpaired) electrons. The van der Waals surface area contributed by atoms with E-state index in [0.29, 0.717) is 21.7 Å². The highest BCUT2D eigenvalue weighted by molar-refractivity contribution is 9.10. The highest BCUT2D eigenvalue weighted by Gasteiger charge is 2.11. The Kier molecular flexibility index (Phi) is 2.83. The number of aromatic nitrogens is 2. The third kappa shape index (κ3) is 1.93. The van der Waals surface area contributed by atoms with E-state index in [1.54, 1.807) is 18.2 Å². The van der Waals surface area contributed by atoms with Crippen LogP contribution in [0.15, 0.2) is 28.9 Å². The van der Waals surface area contributed by atoms with Gasteiger partial charge < -0.3 is 10.1 Å². The Bertz CT molecular complexity index is 484. The number of nitrogens with one attached hydrogen (secondary N) is 1. The van der Waals surface area contributed by atoms with E-state index in [1.807, 2.05) is 0 Å². The number of hydrogen-bond acceptors (Lipinski definition) is 2. The molecule has 0 saturated heterocycles. The highest BCUT2D eigenvalue weighted by Crippen LogP contribution is 2.23. The first-order chi connectivity index (χ1) is 7.22. The molecule has 15 heavy (non-hydrogen) atoms. The van der Waals surface area contributed by atoms with Crippen LogP contribution in [0.4, 0.5) is 4.39 Å². The number of aliphatic hydroxyl groups is 1. The summed E-state index contributed by atoms with van der Waals surface area (Å²) in [5, 5.41) is 8.95. The average Bonchev–Trinajstić information content (AvgIpc) is 2.60. The predicted molar refractivity (Wildman–Crippen MR) is 57.6 cm³/mol. The summed E-state index contributed by atoms with van der Waals surface area (Å²) in [6, 6.07) is 6.34. The van der Waals surface area contributed by atoms with E-state index in [-0.39, 0.29) is 12.4 Å². The Hall–Kier alpha value is -1.20. The lowest BCUT2D eigenvalue weighted by Crippen LogP contribution is -1.86. The van der Waals surface area contributed by atoms with E-state index < -0.39 is 0 Å². The van der Waals surface area contributed by atoms with E-state index in [1.165, 1.54) is 6.07 Å². The number of hydrogen-bond donors (Lipinski definition) is 2. The van der Waals surface area contributed by atoms with Crippen molar-refractivity contribution in [3.8, 4) is 11.4 Å². The van der Waals surface area contributed by atoms with Crippen molar-refractivity contribution in [3.05, 3.63) is 40.4 Å². The molecule has 0 aliphatic rings. The second-order valence-corrected chi connectivity index (χ2v) is 3.74. The Morgan fingerprint density at radius 2 is 2.13 bits per heavy atom. The third-order valence-corrected chi connectivity index (χ3v) is 2.67. The van der Waals surface area contributed by atoms with Crippen molar-refractivity contribution < 1.29 is 9.50 Å². The van der Waals surface area contributed by atoms with Crippen molar-refractivity contribution in [1.29, 1.82) is 0 Å². The summed E-state index contributed by atoms with van der Waals surface area (Å²) in [6.07, 6.45) is 0. The van der Waals surface area contributed by atoms with Crippen LogP contribution < -0.4 is 0 Å². The first-order valence-electron chi connectivity index (χ1n) is 4.32. The van der Waals surface area contributed by atoms with Gasteiger partial charge in [-0.15, -0.1) is 0 Å². The molecule has 2 rings (SSSR count). The van der Waals surface area contributed by atoms with Gasteiger partial charge in [-0.3, -0.25) is 0 Å². The van der Waals surface area contributed by atoms with Gasteiger partial charge in [-0.25, -0.2) is 9.37 Å². The average molecular weight is 271 g/mol. The van der Waals surface area contributed by atoms with Crippen LogP contribution in [0, 0.1) is 5.82 Å². The van der Waals surface area contributed by atoms with Crippen molar-refractivity contribution in [2.24, 2.45) is 0 Å². The van der Waals surface area contributed by atoms with Crippen LogP contribution in [0.5, 0.6) is 0 Å². The number of aliphatic hydroxyl groups excluding tert-OH is 1. The number of benzene rings is 1. The van der Waals surface area contributed by atoms with Crippen LogP contribution >= 0.6 is 15.9 Å². The molecule has 0 amide bonds. The molecular weight excluding hydrogens is 263 g/mol. The molecule has 3 nitrogen and oxygen atoms in total. The molecule has 1 aromatic carbocycles. The maximum Gasteiger partial charge on any atom is 0.141 e. The summed E-state index contributed by atoms with van der Waals surface area (Å²) in [5.74, 6) is 0.0623. The molecule has 0 aliphatic carbocycles. The van der Waals surface area contributed by atoms with E-state index in [0.717, 1.165) is 0 Å². The fourth-order valence-corrected chi connectivity index (χ4v) is 1.68. The summed E-state index contributed by atoms with van der Waals surface area (Å²) in [7, 11) is 0. The van der Waals surface area contributed by atoms with Crippen LogP contribution in [0.25, 0.3) is 11.4 Å². The maximum absolute atomic E-state index is 13.4. The molecule has 0 atom stereocenters. The molecule has 0 aliphatic heterocycles. The Morgan fingerprint density at radius 1 is 1.40 bits per heavy atom. The lowest BCUT2D eigenvalue weighted by molar-refractivity contribution is 0.276. The normalized spacial score (nSPS) is 10.6. The molecule has 0 fully saturated rings. The van der Waals surface area contributed by atoms with Crippen LogP contribution in [0.3, 0.4) is 0 Å². The van der Waals surface area contributed by atoms with Crippen molar-refractivity contribution in [3.63, 3.8) is 0 Å². The Morgan fingerprint density at radius 3 is 2.73 bits per heavy atom. The van der Waals surface area contributed by atoms with Gasteiger partial charge >= 0.3 is 0 Å². The zero-order valence-corrected chi connectivity index (χ0v) is 9.25. The fourth-order valence-electron chi connectivity index (χ4n) is 1.27. The monoisotopic (exact) mass is 270 g/mol. The van der Waals surface area contributed by atoms with E-state index in [2.05, 4.69) is 25.9 Å². The number of halogens is 2. The van der Waals surface area contributed by atoms with Gasteiger partial charge in [0, 0.05) is 0 Å². The molecule has 2 aromatic rings. The van der Waals surface area contributed by atoms with Crippen LogP contribution in [-0.2, 0) is 6.61 Å². The van der Waals surface area contributed by atoms with Crippen LogP contribution in [0.1, 0.15) is 5.69 Å². The standard InChI is InChI=1S/C10H8BrFN2O/c11-9-8(5-15)13-10(14-9)6-3-1-2-4-7(6)12/h1-4,15H,5H2,(H,13,14). The molecule has 0 unspecified atom stereocenters. The number of nitrogens with zero attached hydrogens (tertiary/aromatic N) is 1. The second kappa shape index (κ2) is 4.12. The predicted octanol–water partition coefficient (Wildman–Crippen LogP) is 2.47. The minimum atomic E-state index is -0.344. The zero-order valence-electron chi connectivity index (χ0n) is 7.67. The molecule has 5 heteroatoms.